The Labute approximate surface area is 101 Å². The van der Waals surface area contributed by atoms with Crippen LogP contribution in [0.2, 0.25) is 0 Å². The van der Waals surface area contributed by atoms with Gasteiger partial charge < -0.3 is 10.3 Å². The number of nitrogens with two attached hydrogens (primary N) is 1. The summed E-state index contributed by atoms with van der Waals surface area (Å²) in [6, 6.07) is 0.500. The van der Waals surface area contributed by atoms with Gasteiger partial charge >= 0.3 is 0 Å². The van der Waals surface area contributed by atoms with Crippen molar-refractivity contribution in [1.82, 2.24) is 20.7 Å². The van der Waals surface area contributed by atoms with Crippen LogP contribution in [0.15, 0.2) is 17.5 Å². The Morgan fingerprint density at radius 2 is 2.29 bits per heavy atom. The molecule has 1 fully saturated rings. The van der Waals surface area contributed by atoms with E-state index in [1.54, 1.807) is 12.5 Å². The van der Waals surface area contributed by atoms with Crippen molar-refractivity contribution < 1.29 is 0 Å². The van der Waals surface area contributed by atoms with Crippen molar-refractivity contribution >= 4 is 5.96 Å². The van der Waals surface area contributed by atoms with E-state index >= 15 is 0 Å². The van der Waals surface area contributed by atoms with Crippen molar-refractivity contribution in [1.29, 1.82) is 0 Å². The number of hydrogen-bond acceptors (Lipinski definition) is 3. The molecule has 17 heavy (non-hydrogen) atoms. The Bertz CT molecular complexity index is 339. The number of guanidine groups is 1. The van der Waals surface area contributed by atoms with Crippen LogP contribution in [0.25, 0.3) is 0 Å². The molecule has 0 atom stereocenters. The fourth-order valence-corrected chi connectivity index (χ4v) is 2.11. The van der Waals surface area contributed by atoms with Crippen LogP contribution in [0.4, 0.5) is 0 Å². The van der Waals surface area contributed by atoms with Crippen LogP contribution in [-0.2, 0) is 6.54 Å². The number of aromatic nitrogens is 2. The van der Waals surface area contributed by atoms with E-state index in [-0.39, 0.29) is 0 Å². The molecule has 0 saturated heterocycles. The van der Waals surface area contributed by atoms with Gasteiger partial charge in [-0.05, 0) is 12.8 Å². The van der Waals surface area contributed by atoms with Crippen LogP contribution < -0.4 is 16.6 Å². The molecular formula is C11H20N6. The number of H-pyrrole nitrogens is 1. The van der Waals surface area contributed by atoms with Gasteiger partial charge in [0.05, 0.1) is 18.6 Å². The molecule has 1 aliphatic carbocycles. The number of imidazole rings is 1. The van der Waals surface area contributed by atoms with Gasteiger partial charge in [-0.2, -0.15) is 0 Å². The van der Waals surface area contributed by atoms with E-state index in [1.165, 1.54) is 32.1 Å². The molecule has 5 N–H and O–H groups in total. The van der Waals surface area contributed by atoms with Crippen molar-refractivity contribution in [3.05, 3.63) is 18.2 Å². The summed E-state index contributed by atoms with van der Waals surface area (Å²) in [5, 5.41) is 3.35. The molecule has 1 aromatic rings. The normalized spacial score (nSPS) is 18.1. The molecule has 0 spiro atoms. The number of hydrazine groups is 1. The number of aromatic amines is 1. The van der Waals surface area contributed by atoms with Crippen LogP contribution in [0.5, 0.6) is 0 Å². The first-order chi connectivity index (χ1) is 8.38. The molecule has 0 aromatic carbocycles. The van der Waals surface area contributed by atoms with Gasteiger partial charge in [-0.25, -0.2) is 15.8 Å². The van der Waals surface area contributed by atoms with Gasteiger partial charge in [0.15, 0.2) is 0 Å². The third kappa shape index (κ3) is 3.74. The Balaban J connectivity index is 1.84. The first-order valence-corrected chi connectivity index (χ1v) is 6.13. The van der Waals surface area contributed by atoms with Crippen LogP contribution in [-0.4, -0.2) is 22.0 Å². The summed E-state index contributed by atoms with van der Waals surface area (Å²) in [7, 11) is 0. The molecule has 6 nitrogen and oxygen atoms in total. The largest absolute Gasteiger partial charge is 0.353 e. The number of nitrogens with zero attached hydrogens (tertiary/aromatic N) is 2. The lowest BCUT2D eigenvalue weighted by Crippen LogP contribution is -2.47. The average molecular weight is 236 g/mol. The van der Waals surface area contributed by atoms with Gasteiger partial charge in [0.1, 0.15) is 0 Å². The summed E-state index contributed by atoms with van der Waals surface area (Å²) in [5.41, 5.74) is 3.59. The molecule has 0 amide bonds. The SMILES string of the molecule is NNC(=NCc1cnc[nH]1)NC1CCCCC1. The molecule has 0 bridgehead atoms. The molecule has 6 heteroatoms. The zero-order valence-corrected chi connectivity index (χ0v) is 9.95. The maximum absolute atomic E-state index is 5.46. The molecule has 1 aromatic heterocycles. The Morgan fingerprint density at radius 1 is 1.47 bits per heavy atom. The van der Waals surface area contributed by atoms with Crippen LogP contribution in [0, 0.1) is 0 Å². The predicted molar refractivity (Wildman–Crippen MR) is 67.1 cm³/mol. The Morgan fingerprint density at radius 3 is 2.94 bits per heavy atom. The van der Waals surface area contributed by atoms with E-state index in [2.05, 4.69) is 25.7 Å². The lowest BCUT2D eigenvalue weighted by Gasteiger charge is -2.24. The fourth-order valence-electron chi connectivity index (χ4n) is 2.11. The molecule has 1 heterocycles. The molecule has 94 valence electrons. The smallest absolute Gasteiger partial charge is 0.206 e. The second-order valence-corrected chi connectivity index (χ2v) is 4.37. The highest BCUT2D eigenvalue weighted by atomic mass is 15.3. The number of hydrogen-bond donors (Lipinski definition) is 4. The standard InChI is InChI=1S/C11H20N6/c12-17-11(14-7-10-6-13-8-15-10)16-9-4-2-1-3-5-9/h6,8-9H,1-5,7,12H2,(H,13,15)(H2,14,16,17). The van der Waals surface area contributed by atoms with E-state index < -0.39 is 0 Å². The Hall–Kier alpha value is -1.56. The van der Waals surface area contributed by atoms with Crippen molar-refractivity contribution in [2.75, 3.05) is 0 Å². The van der Waals surface area contributed by atoms with Crippen molar-refractivity contribution in [3.63, 3.8) is 0 Å². The highest BCUT2D eigenvalue weighted by Gasteiger charge is 2.13. The van der Waals surface area contributed by atoms with Gasteiger partial charge in [0, 0.05) is 12.2 Å². The highest BCUT2D eigenvalue weighted by molar-refractivity contribution is 5.79. The van der Waals surface area contributed by atoms with E-state index in [0.717, 1.165) is 5.69 Å². The summed E-state index contributed by atoms with van der Waals surface area (Å²) in [4.78, 5) is 11.3. The van der Waals surface area contributed by atoms with E-state index in [1.807, 2.05) is 0 Å². The maximum Gasteiger partial charge on any atom is 0.206 e. The summed E-state index contributed by atoms with van der Waals surface area (Å²) in [5.74, 6) is 6.12. The fraction of sp³-hybridized carbons (Fsp3) is 0.636. The summed E-state index contributed by atoms with van der Waals surface area (Å²) in [6.07, 6.45) is 9.73. The van der Waals surface area contributed by atoms with Crippen LogP contribution in [0.1, 0.15) is 37.8 Å². The quantitative estimate of drug-likeness (QED) is 0.268. The monoisotopic (exact) mass is 236 g/mol. The minimum atomic E-state index is 0.500. The predicted octanol–water partition coefficient (Wildman–Crippen LogP) is 0.651. The van der Waals surface area contributed by atoms with Gasteiger partial charge in [-0.1, -0.05) is 19.3 Å². The molecular weight excluding hydrogens is 216 g/mol. The number of rotatable bonds is 3. The van der Waals surface area contributed by atoms with Crippen molar-refractivity contribution in [3.8, 4) is 0 Å². The molecule has 0 radical (unpaired) electrons. The maximum atomic E-state index is 5.46. The Kier molecular flexibility index (Phi) is 4.37. The van der Waals surface area contributed by atoms with E-state index in [4.69, 9.17) is 5.84 Å². The van der Waals surface area contributed by atoms with E-state index in [9.17, 15) is 0 Å². The summed E-state index contributed by atoms with van der Waals surface area (Å²) < 4.78 is 0. The van der Waals surface area contributed by atoms with Crippen molar-refractivity contribution in [2.45, 2.75) is 44.7 Å². The highest BCUT2D eigenvalue weighted by Crippen LogP contribution is 2.17. The first kappa shape index (κ1) is 11.9. The molecule has 2 rings (SSSR count). The minimum Gasteiger partial charge on any atom is -0.353 e. The number of nitrogens with one attached hydrogen (secondary N) is 3. The van der Waals surface area contributed by atoms with Crippen molar-refractivity contribution in [2.24, 2.45) is 10.8 Å². The van der Waals surface area contributed by atoms with Gasteiger partial charge in [-0.15, -0.1) is 0 Å². The van der Waals surface area contributed by atoms with Gasteiger partial charge in [0.25, 0.3) is 0 Å². The summed E-state index contributed by atoms with van der Waals surface area (Å²) >= 11 is 0. The lowest BCUT2D eigenvalue weighted by molar-refractivity contribution is 0.410. The third-order valence-electron chi connectivity index (χ3n) is 3.05. The summed E-state index contributed by atoms with van der Waals surface area (Å²) in [6.45, 7) is 0.555. The molecule has 0 unspecified atom stereocenters. The molecule has 0 aliphatic heterocycles. The topological polar surface area (TPSA) is 91.1 Å². The number of aliphatic imine (C=N–C) groups is 1. The second kappa shape index (κ2) is 6.24. The zero-order chi connectivity index (χ0) is 11.9. The van der Waals surface area contributed by atoms with Crippen LogP contribution >= 0.6 is 0 Å². The zero-order valence-electron chi connectivity index (χ0n) is 9.95. The van der Waals surface area contributed by atoms with Gasteiger partial charge in [-0.3, -0.25) is 5.43 Å². The third-order valence-corrected chi connectivity index (χ3v) is 3.05. The molecule has 1 saturated carbocycles. The van der Waals surface area contributed by atoms with Gasteiger partial charge in [0.2, 0.25) is 5.96 Å². The van der Waals surface area contributed by atoms with Crippen LogP contribution in [0.3, 0.4) is 0 Å². The lowest BCUT2D eigenvalue weighted by atomic mass is 9.96. The second-order valence-electron chi connectivity index (χ2n) is 4.37. The van der Waals surface area contributed by atoms with E-state index in [0.29, 0.717) is 18.5 Å². The minimum absolute atomic E-state index is 0.500. The average Bonchev–Trinajstić information content (AvgIpc) is 2.89. The molecule has 1 aliphatic rings. The first-order valence-electron chi connectivity index (χ1n) is 6.13.